The number of unbranched alkanes of at least 4 members (excludes halogenated alkanes) is 17. The summed E-state index contributed by atoms with van der Waals surface area (Å²) in [7, 11) is 2.22. The smallest absolute Gasteiger partial charge is 0.237 e. The van der Waals surface area contributed by atoms with Crippen molar-refractivity contribution in [3.05, 3.63) is 18.2 Å². The third-order valence-electron chi connectivity index (χ3n) is 6.47. The summed E-state index contributed by atoms with van der Waals surface area (Å²) in [5, 5.41) is 0. The van der Waals surface area contributed by atoms with Crippen LogP contribution in [0.3, 0.4) is 0 Å². The average molecular weight is 406 g/mol. The van der Waals surface area contributed by atoms with Gasteiger partial charge in [0, 0.05) is 6.42 Å². The zero-order valence-electron chi connectivity index (χ0n) is 20.4. The summed E-state index contributed by atoms with van der Waals surface area (Å²) >= 11 is 0. The van der Waals surface area contributed by atoms with E-state index in [4.69, 9.17) is 0 Å². The van der Waals surface area contributed by atoms with Gasteiger partial charge in [0.15, 0.2) is 0 Å². The van der Waals surface area contributed by atoms with E-state index in [1.165, 1.54) is 141 Å². The minimum Gasteiger partial charge on any atom is -0.237 e. The average Bonchev–Trinajstić information content (AvgIpc) is 3.07. The van der Waals surface area contributed by atoms with Crippen LogP contribution in [-0.4, -0.2) is 4.57 Å². The van der Waals surface area contributed by atoms with Crippen LogP contribution in [0.15, 0.2) is 12.4 Å². The molecule has 2 nitrogen and oxygen atoms in total. The molecule has 170 valence electrons. The van der Waals surface area contributed by atoms with E-state index in [0.717, 1.165) is 0 Å². The zero-order valence-corrected chi connectivity index (χ0v) is 20.4. The van der Waals surface area contributed by atoms with Crippen LogP contribution in [-0.2, 0) is 20.0 Å². The molecule has 0 aliphatic rings. The van der Waals surface area contributed by atoms with Gasteiger partial charge in [-0.3, -0.25) is 0 Å². The van der Waals surface area contributed by atoms with Gasteiger partial charge in [-0.05, 0) is 19.3 Å². The topological polar surface area (TPSA) is 8.81 Å². The van der Waals surface area contributed by atoms with Gasteiger partial charge in [0.2, 0.25) is 0 Å². The number of hydrogen-bond donors (Lipinski definition) is 0. The number of rotatable bonds is 21. The van der Waals surface area contributed by atoms with Crippen molar-refractivity contribution in [3.63, 3.8) is 0 Å². The molecular weight excluding hydrogens is 352 g/mol. The molecule has 1 rings (SSSR count). The Morgan fingerprint density at radius 2 is 1.00 bits per heavy atom. The maximum Gasteiger partial charge on any atom is 0.256 e. The van der Waals surface area contributed by atoms with Gasteiger partial charge in [0.25, 0.3) is 5.82 Å². The summed E-state index contributed by atoms with van der Waals surface area (Å²) in [6.45, 7) is 5.81. The van der Waals surface area contributed by atoms with Crippen molar-refractivity contribution < 1.29 is 4.57 Å². The van der Waals surface area contributed by atoms with Crippen molar-refractivity contribution in [1.29, 1.82) is 0 Å². The van der Waals surface area contributed by atoms with E-state index in [9.17, 15) is 0 Å². The zero-order chi connectivity index (χ0) is 21.0. The molecule has 29 heavy (non-hydrogen) atoms. The molecule has 0 unspecified atom stereocenters. The fraction of sp³-hybridized carbons (Fsp3) is 0.889. The first-order valence-electron chi connectivity index (χ1n) is 13.3. The lowest BCUT2D eigenvalue weighted by atomic mass is 10.1. The lowest BCUT2D eigenvalue weighted by molar-refractivity contribution is -0.678. The second-order valence-electron chi connectivity index (χ2n) is 9.28. The predicted molar refractivity (Wildman–Crippen MR) is 128 cm³/mol. The van der Waals surface area contributed by atoms with Crippen molar-refractivity contribution in [2.45, 2.75) is 149 Å². The van der Waals surface area contributed by atoms with Crippen LogP contribution in [0, 0.1) is 0 Å². The lowest BCUT2D eigenvalue weighted by Gasteiger charge is -2.05. The van der Waals surface area contributed by atoms with Gasteiger partial charge in [-0.1, -0.05) is 117 Å². The van der Waals surface area contributed by atoms with Gasteiger partial charge in [0.1, 0.15) is 12.4 Å². The lowest BCUT2D eigenvalue weighted by Crippen LogP contribution is -2.32. The Hall–Kier alpha value is -0.790. The molecule has 0 fully saturated rings. The first-order valence-corrected chi connectivity index (χ1v) is 13.3. The summed E-state index contributed by atoms with van der Waals surface area (Å²) in [6, 6.07) is 0. The molecule has 0 bridgehead atoms. The highest BCUT2D eigenvalue weighted by atomic mass is 15.1. The molecule has 1 aromatic heterocycles. The van der Waals surface area contributed by atoms with Crippen molar-refractivity contribution in [2.75, 3.05) is 0 Å². The van der Waals surface area contributed by atoms with E-state index in [1.54, 1.807) is 0 Å². The van der Waals surface area contributed by atoms with Crippen molar-refractivity contribution >= 4 is 0 Å². The molecule has 0 saturated carbocycles. The maximum atomic E-state index is 2.52. The van der Waals surface area contributed by atoms with E-state index in [-0.39, 0.29) is 0 Å². The van der Waals surface area contributed by atoms with E-state index in [2.05, 4.69) is 42.4 Å². The third kappa shape index (κ3) is 13.9. The molecule has 1 heterocycles. The Labute approximate surface area is 183 Å². The van der Waals surface area contributed by atoms with Crippen LogP contribution in [0.1, 0.15) is 142 Å². The Balaban J connectivity index is 2.04. The largest absolute Gasteiger partial charge is 0.256 e. The first kappa shape index (κ1) is 26.2. The molecule has 0 saturated heterocycles. The molecule has 2 heteroatoms. The molecule has 0 N–H and O–H groups in total. The minimum absolute atomic E-state index is 1.21. The quantitative estimate of drug-likeness (QED) is 0.144. The van der Waals surface area contributed by atoms with Gasteiger partial charge in [-0.2, -0.15) is 0 Å². The van der Waals surface area contributed by atoms with Gasteiger partial charge in [0.05, 0.1) is 13.6 Å². The third-order valence-corrected chi connectivity index (χ3v) is 6.47. The summed E-state index contributed by atoms with van der Waals surface area (Å²) in [6.07, 6.45) is 32.7. The Morgan fingerprint density at radius 3 is 1.48 bits per heavy atom. The van der Waals surface area contributed by atoms with Crippen molar-refractivity contribution in [3.8, 4) is 0 Å². The van der Waals surface area contributed by atoms with E-state index < -0.39 is 0 Å². The molecule has 0 aliphatic carbocycles. The molecule has 0 radical (unpaired) electrons. The van der Waals surface area contributed by atoms with E-state index >= 15 is 0 Å². The van der Waals surface area contributed by atoms with Crippen molar-refractivity contribution in [2.24, 2.45) is 7.05 Å². The number of nitrogens with zero attached hydrogens (tertiary/aromatic N) is 2. The number of imidazole rings is 1. The highest BCUT2D eigenvalue weighted by Crippen LogP contribution is 2.13. The Kier molecular flexibility index (Phi) is 17.4. The normalized spacial score (nSPS) is 11.4. The van der Waals surface area contributed by atoms with Crippen LogP contribution in [0.25, 0.3) is 0 Å². The monoisotopic (exact) mass is 405 g/mol. The second kappa shape index (κ2) is 19.2. The summed E-state index contributed by atoms with van der Waals surface area (Å²) in [4.78, 5) is 0. The van der Waals surface area contributed by atoms with Crippen LogP contribution in [0.2, 0.25) is 0 Å². The number of hydrogen-bond acceptors (Lipinski definition) is 0. The van der Waals surface area contributed by atoms with Crippen LogP contribution in [0.4, 0.5) is 0 Å². The van der Waals surface area contributed by atoms with Crippen molar-refractivity contribution in [1.82, 2.24) is 4.57 Å². The van der Waals surface area contributed by atoms with Crippen LogP contribution in [0.5, 0.6) is 0 Å². The maximum absolute atomic E-state index is 2.52. The first-order chi connectivity index (χ1) is 14.3. The number of aryl methyl sites for hydroxylation is 2. The van der Waals surface area contributed by atoms with E-state index in [0.29, 0.717) is 0 Å². The fourth-order valence-electron chi connectivity index (χ4n) is 4.44. The SMILES string of the molecule is CCCCCCCCCCCCc1n(CCCCCCCCCCC)cc[n+]1C. The molecule has 0 aromatic carbocycles. The fourth-order valence-corrected chi connectivity index (χ4v) is 4.44. The molecule has 1 aromatic rings. The molecule has 0 spiro atoms. The van der Waals surface area contributed by atoms with Gasteiger partial charge in [-0.25, -0.2) is 9.13 Å². The number of aromatic nitrogens is 2. The minimum atomic E-state index is 1.21. The standard InChI is InChI=1S/C27H53N2/c1-4-6-8-10-12-14-15-17-19-21-23-27-28(3)25-26-29(27)24-22-20-18-16-13-11-9-7-5-2/h25-26H,4-24H2,1-3H3/q+1. The van der Waals surface area contributed by atoms with Crippen LogP contribution < -0.4 is 4.57 Å². The predicted octanol–water partition coefficient (Wildman–Crippen LogP) is 8.31. The highest BCUT2D eigenvalue weighted by Gasteiger charge is 2.13. The van der Waals surface area contributed by atoms with Gasteiger partial charge >= 0.3 is 0 Å². The van der Waals surface area contributed by atoms with Gasteiger partial charge < -0.3 is 0 Å². The second-order valence-corrected chi connectivity index (χ2v) is 9.28. The summed E-state index contributed by atoms with van der Waals surface area (Å²) < 4.78 is 4.87. The highest BCUT2D eigenvalue weighted by molar-refractivity contribution is 4.84. The van der Waals surface area contributed by atoms with Crippen LogP contribution >= 0.6 is 0 Å². The Bertz CT molecular complexity index is 463. The van der Waals surface area contributed by atoms with Gasteiger partial charge in [-0.15, -0.1) is 0 Å². The molecule has 0 amide bonds. The molecule has 0 aliphatic heterocycles. The molecule has 0 atom stereocenters. The Morgan fingerprint density at radius 1 is 0.586 bits per heavy atom. The molecular formula is C27H53N2+. The summed E-state index contributed by atoms with van der Waals surface area (Å²) in [5.74, 6) is 1.53. The summed E-state index contributed by atoms with van der Waals surface area (Å²) in [5.41, 5.74) is 0. The van der Waals surface area contributed by atoms with E-state index in [1.807, 2.05) is 0 Å².